The number of halogens is 1. The van der Waals surface area contributed by atoms with E-state index in [1.165, 1.54) is 17.1 Å². The van der Waals surface area contributed by atoms with Gasteiger partial charge in [0.1, 0.15) is 0 Å². The zero-order valence-corrected chi connectivity index (χ0v) is 15.1. The lowest BCUT2D eigenvalue weighted by atomic mass is 9.98. The monoisotopic (exact) mass is 401 g/mol. The molecule has 1 atom stereocenters. The topological polar surface area (TPSA) is 75.8 Å². The summed E-state index contributed by atoms with van der Waals surface area (Å²) in [6.45, 7) is 1.79. The van der Waals surface area contributed by atoms with Crippen molar-refractivity contribution in [3.63, 3.8) is 0 Å². The fourth-order valence-electron chi connectivity index (χ4n) is 2.80. The molecule has 1 aliphatic heterocycles. The number of hydrazone groups is 1. The van der Waals surface area contributed by atoms with E-state index in [0.717, 1.165) is 21.3 Å². The Morgan fingerprint density at radius 3 is 2.44 bits per heavy atom. The highest BCUT2D eigenvalue weighted by molar-refractivity contribution is 9.10. The average Bonchev–Trinajstić information content (AvgIpc) is 3.07. The van der Waals surface area contributed by atoms with Crippen LogP contribution in [0.15, 0.2) is 58.1 Å². The van der Waals surface area contributed by atoms with Gasteiger partial charge in [0.2, 0.25) is 5.91 Å². The molecule has 7 heteroatoms. The third kappa shape index (κ3) is 3.61. The van der Waals surface area contributed by atoms with Crippen molar-refractivity contribution < 1.29 is 9.72 Å². The summed E-state index contributed by atoms with van der Waals surface area (Å²) in [5.41, 5.74) is 2.66. The van der Waals surface area contributed by atoms with Gasteiger partial charge in [-0.2, -0.15) is 5.10 Å². The van der Waals surface area contributed by atoms with Crippen LogP contribution >= 0.6 is 15.9 Å². The van der Waals surface area contributed by atoms with Crippen LogP contribution in [0.3, 0.4) is 0 Å². The van der Waals surface area contributed by atoms with Crippen LogP contribution < -0.4 is 0 Å². The minimum Gasteiger partial charge on any atom is -0.273 e. The molecule has 1 amide bonds. The quantitative estimate of drug-likeness (QED) is 0.560. The first-order valence-corrected chi connectivity index (χ1v) is 8.68. The van der Waals surface area contributed by atoms with Crippen molar-refractivity contribution in [3.05, 3.63) is 74.2 Å². The SMILES string of the molecule is CCC(=O)N1N=C(c2ccc(Br)cc2)C[C@@H]1c1ccc([N+](=O)[O-])cc1. The first-order valence-electron chi connectivity index (χ1n) is 7.89. The summed E-state index contributed by atoms with van der Waals surface area (Å²) in [7, 11) is 0. The molecular weight excluding hydrogens is 386 g/mol. The molecule has 0 saturated heterocycles. The van der Waals surface area contributed by atoms with E-state index in [-0.39, 0.29) is 17.6 Å². The second-order valence-electron chi connectivity index (χ2n) is 5.71. The first-order chi connectivity index (χ1) is 12.0. The molecule has 2 aromatic carbocycles. The number of carbonyl (C=O) groups is 1. The van der Waals surface area contributed by atoms with Gasteiger partial charge in [0.25, 0.3) is 5.69 Å². The fourth-order valence-corrected chi connectivity index (χ4v) is 3.06. The normalized spacial score (nSPS) is 16.6. The highest BCUT2D eigenvalue weighted by Crippen LogP contribution is 2.34. The van der Waals surface area contributed by atoms with Crippen LogP contribution in [0.25, 0.3) is 0 Å². The van der Waals surface area contributed by atoms with E-state index in [0.29, 0.717) is 12.8 Å². The molecule has 0 unspecified atom stereocenters. The molecule has 25 heavy (non-hydrogen) atoms. The minimum absolute atomic E-state index is 0.0316. The third-order valence-corrected chi connectivity index (χ3v) is 4.66. The number of benzene rings is 2. The smallest absolute Gasteiger partial charge is 0.269 e. The summed E-state index contributed by atoms with van der Waals surface area (Å²) in [4.78, 5) is 22.7. The van der Waals surface area contributed by atoms with Gasteiger partial charge in [-0.05, 0) is 23.3 Å². The van der Waals surface area contributed by atoms with E-state index in [1.807, 2.05) is 24.3 Å². The van der Waals surface area contributed by atoms with Gasteiger partial charge in [-0.25, -0.2) is 5.01 Å². The maximum Gasteiger partial charge on any atom is 0.269 e. The van der Waals surface area contributed by atoms with Gasteiger partial charge in [-0.1, -0.05) is 47.1 Å². The zero-order chi connectivity index (χ0) is 18.0. The van der Waals surface area contributed by atoms with Crippen molar-refractivity contribution in [1.29, 1.82) is 0 Å². The number of nitro benzene ring substituents is 1. The van der Waals surface area contributed by atoms with Crippen LogP contribution in [0.1, 0.15) is 36.9 Å². The highest BCUT2D eigenvalue weighted by Gasteiger charge is 2.32. The number of hydrogen-bond acceptors (Lipinski definition) is 4. The predicted molar refractivity (Wildman–Crippen MR) is 98.3 cm³/mol. The summed E-state index contributed by atoms with van der Waals surface area (Å²) in [5.74, 6) is -0.0736. The van der Waals surface area contributed by atoms with Crippen molar-refractivity contribution in [3.8, 4) is 0 Å². The predicted octanol–water partition coefficient (Wildman–Crippen LogP) is 4.45. The lowest BCUT2D eigenvalue weighted by Crippen LogP contribution is -2.26. The van der Waals surface area contributed by atoms with Crippen LogP contribution in [-0.4, -0.2) is 21.6 Å². The van der Waals surface area contributed by atoms with E-state index in [2.05, 4.69) is 21.0 Å². The molecule has 6 nitrogen and oxygen atoms in total. The van der Waals surface area contributed by atoms with Crippen molar-refractivity contribution in [2.24, 2.45) is 5.10 Å². The summed E-state index contributed by atoms with van der Waals surface area (Å²) in [6, 6.07) is 13.8. The van der Waals surface area contributed by atoms with Gasteiger partial charge in [0, 0.05) is 29.4 Å². The van der Waals surface area contributed by atoms with Crippen molar-refractivity contribution in [2.75, 3.05) is 0 Å². The first kappa shape index (κ1) is 17.3. The molecular formula is C18H16BrN3O3. The lowest BCUT2D eigenvalue weighted by Gasteiger charge is -2.21. The maximum atomic E-state index is 12.3. The van der Waals surface area contributed by atoms with Crippen LogP contribution in [0.2, 0.25) is 0 Å². The number of hydrogen-bond donors (Lipinski definition) is 0. The van der Waals surface area contributed by atoms with Crippen molar-refractivity contribution in [2.45, 2.75) is 25.8 Å². The second-order valence-corrected chi connectivity index (χ2v) is 6.63. The molecule has 0 N–H and O–H groups in total. The molecule has 0 fully saturated rings. The van der Waals surface area contributed by atoms with Crippen LogP contribution in [-0.2, 0) is 4.79 Å². The number of nitro groups is 1. The van der Waals surface area contributed by atoms with E-state index in [1.54, 1.807) is 19.1 Å². The number of carbonyl (C=O) groups excluding carboxylic acids is 1. The lowest BCUT2D eigenvalue weighted by molar-refractivity contribution is -0.384. The number of amides is 1. The second kappa shape index (κ2) is 7.14. The molecule has 3 rings (SSSR count). The molecule has 0 saturated carbocycles. The molecule has 0 spiro atoms. The summed E-state index contributed by atoms with van der Waals surface area (Å²) >= 11 is 3.41. The maximum absolute atomic E-state index is 12.3. The molecule has 128 valence electrons. The molecule has 2 aromatic rings. The third-order valence-electron chi connectivity index (χ3n) is 4.13. The van der Waals surface area contributed by atoms with Gasteiger partial charge in [0.15, 0.2) is 0 Å². The zero-order valence-electron chi connectivity index (χ0n) is 13.6. The molecule has 1 aliphatic rings. The van der Waals surface area contributed by atoms with Crippen LogP contribution in [0.4, 0.5) is 5.69 Å². The Kier molecular flexibility index (Phi) is 4.94. The Morgan fingerprint density at radius 2 is 1.88 bits per heavy atom. The molecule has 0 aromatic heterocycles. The molecule has 0 aliphatic carbocycles. The molecule has 0 radical (unpaired) electrons. The molecule has 1 heterocycles. The van der Waals surface area contributed by atoms with Crippen LogP contribution in [0, 0.1) is 10.1 Å². The van der Waals surface area contributed by atoms with E-state index in [4.69, 9.17) is 0 Å². The highest BCUT2D eigenvalue weighted by atomic mass is 79.9. The number of non-ortho nitro benzene ring substituents is 1. The van der Waals surface area contributed by atoms with Gasteiger partial charge in [-0.3, -0.25) is 14.9 Å². The van der Waals surface area contributed by atoms with Crippen molar-refractivity contribution >= 4 is 33.2 Å². The van der Waals surface area contributed by atoms with Gasteiger partial charge in [0.05, 0.1) is 16.7 Å². The van der Waals surface area contributed by atoms with E-state index in [9.17, 15) is 14.9 Å². The number of nitrogens with zero attached hydrogens (tertiary/aromatic N) is 3. The Morgan fingerprint density at radius 1 is 1.24 bits per heavy atom. The van der Waals surface area contributed by atoms with E-state index >= 15 is 0 Å². The Labute approximate surface area is 153 Å². The standard InChI is InChI=1S/C18H16BrN3O3/c1-2-18(23)21-17(13-5-9-15(10-6-13)22(24)25)11-16(20-21)12-3-7-14(19)8-4-12/h3-10,17H,2,11H2,1H3/t17-/m1/s1. The Bertz CT molecular complexity index is 832. The van der Waals surface area contributed by atoms with Gasteiger partial charge < -0.3 is 0 Å². The average molecular weight is 402 g/mol. The van der Waals surface area contributed by atoms with Gasteiger partial charge >= 0.3 is 0 Å². The van der Waals surface area contributed by atoms with Crippen LogP contribution in [0.5, 0.6) is 0 Å². The Hall–Kier alpha value is -2.54. The summed E-state index contributed by atoms with van der Waals surface area (Å²) in [6.07, 6.45) is 0.922. The minimum atomic E-state index is -0.433. The molecule has 0 bridgehead atoms. The summed E-state index contributed by atoms with van der Waals surface area (Å²) in [5, 5.41) is 16.9. The summed E-state index contributed by atoms with van der Waals surface area (Å²) < 4.78 is 0.975. The van der Waals surface area contributed by atoms with E-state index < -0.39 is 4.92 Å². The largest absolute Gasteiger partial charge is 0.273 e. The fraction of sp³-hybridized carbons (Fsp3) is 0.222. The number of rotatable bonds is 4. The Balaban J connectivity index is 1.92. The van der Waals surface area contributed by atoms with Crippen molar-refractivity contribution in [1.82, 2.24) is 5.01 Å². The van der Waals surface area contributed by atoms with Gasteiger partial charge in [-0.15, -0.1) is 0 Å².